The van der Waals surface area contributed by atoms with E-state index in [1.165, 1.54) is 0 Å². The molecule has 1 rings (SSSR count). The van der Waals surface area contributed by atoms with Gasteiger partial charge in [-0.25, -0.2) is 0 Å². The first kappa shape index (κ1) is 13.7. The molecule has 0 heterocycles. The predicted molar refractivity (Wildman–Crippen MR) is 69.7 cm³/mol. The van der Waals surface area contributed by atoms with Crippen molar-refractivity contribution in [2.24, 2.45) is 11.8 Å². The van der Waals surface area contributed by atoms with Crippen molar-refractivity contribution < 1.29 is 9.90 Å². The zero-order valence-corrected chi connectivity index (χ0v) is 10.7. The van der Waals surface area contributed by atoms with Gasteiger partial charge in [-0.2, -0.15) is 0 Å². The molecule has 1 amide bonds. The molecular weight excluding hydrogens is 214 g/mol. The first-order valence-corrected chi connectivity index (χ1v) is 6.03. The molecule has 0 saturated carbocycles. The van der Waals surface area contributed by atoms with E-state index in [2.05, 4.69) is 5.32 Å². The molecule has 17 heavy (non-hydrogen) atoms. The van der Waals surface area contributed by atoms with Crippen molar-refractivity contribution in [2.75, 3.05) is 5.32 Å². The van der Waals surface area contributed by atoms with Gasteiger partial charge in [-0.15, -0.1) is 0 Å². The Hall–Kier alpha value is -1.35. The number of aliphatic hydroxyl groups excluding tert-OH is 1. The van der Waals surface area contributed by atoms with Crippen LogP contribution in [0.3, 0.4) is 0 Å². The Morgan fingerprint density at radius 1 is 1.24 bits per heavy atom. The third kappa shape index (κ3) is 4.57. The van der Waals surface area contributed by atoms with E-state index in [0.717, 1.165) is 5.69 Å². The van der Waals surface area contributed by atoms with Crippen LogP contribution in [0.25, 0.3) is 0 Å². The number of hydrogen-bond acceptors (Lipinski definition) is 2. The molecule has 2 atom stereocenters. The van der Waals surface area contributed by atoms with E-state index in [-0.39, 0.29) is 18.2 Å². The van der Waals surface area contributed by atoms with Gasteiger partial charge in [-0.3, -0.25) is 4.79 Å². The molecule has 1 aromatic carbocycles. The van der Waals surface area contributed by atoms with Gasteiger partial charge < -0.3 is 10.4 Å². The molecule has 0 saturated heterocycles. The molecule has 0 bridgehead atoms. The molecule has 94 valence electrons. The van der Waals surface area contributed by atoms with Crippen LogP contribution in [-0.2, 0) is 4.79 Å². The molecular formula is C14H21NO2. The van der Waals surface area contributed by atoms with Crippen molar-refractivity contribution in [1.82, 2.24) is 0 Å². The molecule has 0 spiro atoms. The van der Waals surface area contributed by atoms with Gasteiger partial charge in [0.15, 0.2) is 0 Å². The maximum atomic E-state index is 11.7. The van der Waals surface area contributed by atoms with Crippen LogP contribution in [0.5, 0.6) is 0 Å². The van der Waals surface area contributed by atoms with Crippen molar-refractivity contribution in [3.63, 3.8) is 0 Å². The molecule has 0 aliphatic carbocycles. The van der Waals surface area contributed by atoms with Crippen LogP contribution in [0.4, 0.5) is 5.69 Å². The number of anilines is 1. The average Bonchev–Trinajstić information content (AvgIpc) is 2.28. The van der Waals surface area contributed by atoms with E-state index in [0.29, 0.717) is 5.92 Å². The molecule has 2 N–H and O–H groups in total. The maximum Gasteiger partial charge on any atom is 0.226 e. The van der Waals surface area contributed by atoms with Crippen molar-refractivity contribution in [3.8, 4) is 0 Å². The third-order valence-electron chi connectivity index (χ3n) is 3.11. The number of benzene rings is 1. The highest BCUT2D eigenvalue weighted by atomic mass is 16.3. The van der Waals surface area contributed by atoms with E-state index < -0.39 is 6.10 Å². The molecule has 0 radical (unpaired) electrons. The summed E-state index contributed by atoms with van der Waals surface area (Å²) in [6, 6.07) is 9.28. The van der Waals surface area contributed by atoms with Gasteiger partial charge in [0.2, 0.25) is 5.91 Å². The monoisotopic (exact) mass is 235 g/mol. The average molecular weight is 235 g/mol. The Morgan fingerprint density at radius 3 is 2.35 bits per heavy atom. The number of amides is 1. The predicted octanol–water partition coefficient (Wildman–Crippen LogP) is 2.67. The molecule has 3 heteroatoms. The van der Waals surface area contributed by atoms with Crippen molar-refractivity contribution in [2.45, 2.75) is 33.3 Å². The molecule has 1 aromatic rings. The van der Waals surface area contributed by atoms with Gasteiger partial charge in [0.1, 0.15) is 0 Å². The van der Waals surface area contributed by atoms with E-state index in [9.17, 15) is 9.90 Å². The van der Waals surface area contributed by atoms with Gasteiger partial charge in [0.05, 0.1) is 12.5 Å². The molecule has 3 nitrogen and oxygen atoms in total. The second-order valence-electron chi connectivity index (χ2n) is 4.79. The summed E-state index contributed by atoms with van der Waals surface area (Å²) in [4.78, 5) is 11.7. The Morgan fingerprint density at radius 2 is 1.82 bits per heavy atom. The van der Waals surface area contributed by atoms with Crippen LogP contribution < -0.4 is 5.32 Å². The van der Waals surface area contributed by atoms with Crippen molar-refractivity contribution in [3.05, 3.63) is 30.3 Å². The van der Waals surface area contributed by atoms with Crippen LogP contribution in [0.2, 0.25) is 0 Å². The highest BCUT2D eigenvalue weighted by Gasteiger charge is 2.20. The first-order valence-electron chi connectivity index (χ1n) is 6.03. The Bertz CT molecular complexity index is 348. The fraction of sp³-hybridized carbons (Fsp3) is 0.500. The normalized spacial score (nSPS) is 14.4. The Labute approximate surface area is 103 Å². The highest BCUT2D eigenvalue weighted by Crippen LogP contribution is 2.17. The Kier molecular flexibility index (Phi) is 5.16. The zero-order valence-electron chi connectivity index (χ0n) is 10.7. The van der Waals surface area contributed by atoms with E-state index >= 15 is 0 Å². The summed E-state index contributed by atoms with van der Waals surface area (Å²) in [6.45, 7) is 6.05. The van der Waals surface area contributed by atoms with E-state index in [1.807, 2.05) is 51.1 Å². The van der Waals surface area contributed by atoms with Gasteiger partial charge in [-0.1, -0.05) is 39.0 Å². The second-order valence-corrected chi connectivity index (χ2v) is 4.79. The van der Waals surface area contributed by atoms with Crippen molar-refractivity contribution >= 4 is 11.6 Å². The second kappa shape index (κ2) is 6.40. The summed E-state index contributed by atoms with van der Waals surface area (Å²) >= 11 is 0. The quantitative estimate of drug-likeness (QED) is 0.824. The van der Waals surface area contributed by atoms with Gasteiger partial charge in [-0.05, 0) is 24.0 Å². The minimum Gasteiger partial charge on any atom is -0.392 e. The van der Waals surface area contributed by atoms with Crippen LogP contribution in [-0.4, -0.2) is 17.1 Å². The fourth-order valence-electron chi connectivity index (χ4n) is 1.55. The summed E-state index contributed by atoms with van der Waals surface area (Å²) in [7, 11) is 0. The zero-order chi connectivity index (χ0) is 12.8. The van der Waals surface area contributed by atoms with Crippen LogP contribution in [0.1, 0.15) is 27.2 Å². The first-order chi connectivity index (χ1) is 8.00. The van der Waals surface area contributed by atoms with Gasteiger partial charge >= 0.3 is 0 Å². The SMILES string of the molecule is CC(C)[C@@H](C)[C@H](O)CC(=O)Nc1ccccc1. The number of carbonyl (C=O) groups is 1. The number of carbonyl (C=O) groups excluding carboxylic acids is 1. The molecule has 0 unspecified atom stereocenters. The minimum atomic E-state index is -0.585. The lowest BCUT2D eigenvalue weighted by molar-refractivity contribution is -0.118. The third-order valence-corrected chi connectivity index (χ3v) is 3.11. The van der Waals surface area contributed by atoms with E-state index in [4.69, 9.17) is 0 Å². The smallest absolute Gasteiger partial charge is 0.226 e. The lowest BCUT2D eigenvalue weighted by Gasteiger charge is -2.21. The van der Waals surface area contributed by atoms with Crippen LogP contribution in [0.15, 0.2) is 30.3 Å². The molecule has 0 aliphatic rings. The Balaban J connectivity index is 2.45. The number of aliphatic hydroxyl groups is 1. The number of para-hydroxylation sites is 1. The lowest BCUT2D eigenvalue weighted by Crippen LogP contribution is -2.27. The summed E-state index contributed by atoms with van der Waals surface area (Å²) in [5.41, 5.74) is 0.766. The molecule has 0 aromatic heterocycles. The molecule has 0 aliphatic heterocycles. The van der Waals surface area contributed by atoms with Gasteiger partial charge in [0.25, 0.3) is 0 Å². The number of rotatable bonds is 5. The summed E-state index contributed by atoms with van der Waals surface area (Å²) in [5.74, 6) is 0.349. The van der Waals surface area contributed by atoms with Crippen LogP contribution >= 0.6 is 0 Å². The summed E-state index contributed by atoms with van der Waals surface area (Å²) < 4.78 is 0. The van der Waals surface area contributed by atoms with Crippen molar-refractivity contribution in [1.29, 1.82) is 0 Å². The van der Waals surface area contributed by atoms with Gasteiger partial charge in [0, 0.05) is 5.69 Å². The maximum absolute atomic E-state index is 11.7. The number of nitrogens with one attached hydrogen (secondary N) is 1. The highest BCUT2D eigenvalue weighted by molar-refractivity contribution is 5.90. The lowest BCUT2D eigenvalue weighted by atomic mass is 9.90. The fourth-order valence-corrected chi connectivity index (χ4v) is 1.55. The molecule has 0 fully saturated rings. The number of hydrogen-bond donors (Lipinski definition) is 2. The topological polar surface area (TPSA) is 49.3 Å². The largest absolute Gasteiger partial charge is 0.392 e. The van der Waals surface area contributed by atoms with Crippen LogP contribution in [0, 0.1) is 11.8 Å². The minimum absolute atomic E-state index is 0.122. The summed E-state index contributed by atoms with van der Waals surface area (Å²) in [5, 5.41) is 12.6. The standard InChI is InChI=1S/C14H21NO2/c1-10(2)11(3)13(16)9-14(17)15-12-7-5-4-6-8-12/h4-8,10-11,13,16H,9H2,1-3H3,(H,15,17)/t11-,13-/m1/s1. The summed E-state index contributed by atoms with van der Waals surface area (Å²) in [6.07, 6.45) is -0.437. The van der Waals surface area contributed by atoms with E-state index in [1.54, 1.807) is 0 Å².